The zero-order chi connectivity index (χ0) is 39.0. The molecule has 0 bridgehead atoms. The normalized spacial score (nSPS) is 18.8. The Kier molecular flexibility index (Phi) is 12.8. The van der Waals surface area contributed by atoms with Gasteiger partial charge in [0.25, 0.3) is 11.8 Å². The van der Waals surface area contributed by atoms with Gasteiger partial charge in [-0.3, -0.25) is 29.0 Å². The van der Waals surface area contributed by atoms with Crippen molar-refractivity contribution in [1.82, 2.24) is 50.8 Å². The van der Waals surface area contributed by atoms with Crippen LogP contribution in [-0.2, 0) is 24.8 Å². The number of nitrogens with one attached hydrogen (secondary N) is 3. The molecule has 1 unspecified atom stereocenters. The molecule has 0 radical (unpaired) electrons. The summed E-state index contributed by atoms with van der Waals surface area (Å²) < 4.78 is 1.46. The van der Waals surface area contributed by atoms with Crippen molar-refractivity contribution in [2.75, 3.05) is 13.1 Å². The van der Waals surface area contributed by atoms with E-state index in [9.17, 15) is 33.9 Å². The standard InChI is InChI=1S/C35H47N11O8/c1-35(2,54)26-18-41-44-46(26)21-17-25(32(50)42-23(28(47)29(36)48)10-6-7-12-40-34(52)53)45(19-21)33(51)24(16-20-8-4-3-5-9-20)43-31(49)22-11-13-38-30-27(22)37-14-15-39-30/h11,13-15,18,20-21,23-25,40,54H,3-10,12,16-17,19H2,1-2H3,(H2,36,48)(H,42,50)(H,43,49)(H,52,53)/t21-,23?,24+,25-/m0/s1. The van der Waals surface area contributed by atoms with Crippen LogP contribution in [0.15, 0.2) is 30.9 Å². The van der Waals surface area contributed by atoms with Crippen LogP contribution in [0.25, 0.3) is 11.2 Å². The molecule has 0 spiro atoms. The van der Waals surface area contributed by atoms with Crippen molar-refractivity contribution < 1.29 is 39.0 Å². The van der Waals surface area contributed by atoms with E-state index in [0.29, 0.717) is 18.5 Å². The van der Waals surface area contributed by atoms with E-state index in [-0.39, 0.29) is 55.0 Å². The highest BCUT2D eigenvalue weighted by Gasteiger charge is 2.45. The van der Waals surface area contributed by atoms with Gasteiger partial charge in [-0.05, 0) is 51.5 Å². The number of nitrogens with two attached hydrogens (primary N) is 1. The first-order valence-electron chi connectivity index (χ1n) is 18.2. The van der Waals surface area contributed by atoms with Crippen LogP contribution in [0.3, 0.4) is 0 Å². The molecule has 19 nitrogen and oxygen atoms in total. The average molecular weight is 750 g/mol. The summed E-state index contributed by atoms with van der Waals surface area (Å²) in [5, 5.41) is 35.6. The predicted octanol–water partition coefficient (Wildman–Crippen LogP) is 0.732. The van der Waals surface area contributed by atoms with E-state index in [1.807, 2.05) is 0 Å². The second-order valence-electron chi connectivity index (χ2n) is 14.4. The maximum absolute atomic E-state index is 14.8. The van der Waals surface area contributed by atoms with E-state index in [1.165, 1.54) is 40.4 Å². The van der Waals surface area contributed by atoms with Gasteiger partial charge in [-0.15, -0.1) is 5.10 Å². The van der Waals surface area contributed by atoms with E-state index in [0.717, 1.165) is 32.1 Å². The highest BCUT2D eigenvalue weighted by molar-refractivity contribution is 6.37. The van der Waals surface area contributed by atoms with Crippen LogP contribution in [-0.4, -0.2) is 112 Å². The molecule has 1 aliphatic carbocycles. The molecular formula is C35H47N11O8. The molecule has 1 saturated carbocycles. The number of primary amides is 1. The minimum atomic E-state index is -1.37. The monoisotopic (exact) mass is 749 g/mol. The summed E-state index contributed by atoms with van der Waals surface area (Å²) in [6, 6.07) is -2.76. The van der Waals surface area contributed by atoms with Gasteiger partial charge in [0.15, 0.2) is 5.65 Å². The van der Waals surface area contributed by atoms with Gasteiger partial charge in [-0.1, -0.05) is 37.3 Å². The summed E-state index contributed by atoms with van der Waals surface area (Å²) in [5.41, 5.74) is 4.98. The van der Waals surface area contributed by atoms with Crippen molar-refractivity contribution >= 4 is 46.7 Å². The third-order valence-electron chi connectivity index (χ3n) is 10.00. The molecule has 54 heavy (non-hydrogen) atoms. The summed E-state index contributed by atoms with van der Waals surface area (Å²) >= 11 is 0. The Morgan fingerprint density at radius 3 is 2.41 bits per heavy atom. The van der Waals surface area contributed by atoms with Crippen molar-refractivity contribution in [2.24, 2.45) is 11.7 Å². The Balaban J connectivity index is 1.45. The number of unbranched alkanes of at least 4 members (excludes halogenated alkanes) is 1. The maximum Gasteiger partial charge on any atom is 0.404 e. The average Bonchev–Trinajstić information content (AvgIpc) is 3.82. The first-order chi connectivity index (χ1) is 25.7. The molecule has 3 aromatic rings. The zero-order valence-corrected chi connectivity index (χ0v) is 30.3. The number of amides is 5. The van der Waals surface area contributed by atoms with Gasteiger partial charge in [0.05, 0.1) is 29.5 Å². The summed E-state index contributed by atoms with van der Waals surface area (Å²) in [6.07, 6.45) is 10.1. The summed E-state index contributed by atoms with van der Waals surface area (Å²) in [5.74, 6) is -4.03. The van der Waals surface area contributed by atoms with E-state index in [2.05, 4.69) is 41.2 Å². The van der Waals surface area contributed by atoms with Crippen LogP contribution < -0.4 is 21.7 Å². The molecule has 2 fully saturated rings. The fourth-order valence-corrected chi connectivity index (χ4v) is 7.29. The number of Topliss-reactive ketones (excluding diaryl/α,β-unsaturated/α-hetero) is 1. The summed E-state index contributed by atoms with van der Waals surface area (Å²) in [7, 11) is 0. The number of carbonyl (C=O) groups is 6. The molecule has 0 aromatic carbocycles. The van der Waals surface area contributed by atoms with E-state index >= 15 is 0 Å². The number of likely N-dealkylation sites (tertiary alicyclic amines) is 1. The number of ketones is 1. The van der Waals surface area contributed by atoms with Gasteiger partial charge in [-0.2, -0.15) is 0 Å². The van der Waals surface area contributed by atoms with Crippen molar-refractivity contribution in [3.63, 3.8) is 0 Å². The van der Waals surface area contributed by atoms with Gasteiger partial charge in [0, 0.05) is 38.1 Å². The van der Waals surface area contributed by atoms with Crippen LogP contribution >= 0.6 is 0 Å². The molecule has 2 aliphatic rings. The molecule has 4 atom stereocenters. The molecule has 5 amide bonds. The lowest BCUT2D eigenvalue weighted by molar-refractivity contribution is -0.142. The van der Waals surface area contributed by atoms with Crippen molar-refractivity contribution in [1.29, 1.82) is 0 Å². The number of nitrogens with zero attached hydrogens (tertiary/aromatic N) is 7. The van der Waals surface area contributed by atoms with Gasteiger partial charge < -0.3 is 36.8 Å². The van der Waals surface area contributed by atoms with Crippen LogP contribution in [0.2, 0.25) is 0 Å². The quantitative estimate of drug-likeness (QED) is 0.0872. The molecular weight excluding hydrogens is 702 g/mol. The predicted molar refractivity (Wildman–Crippen MR) is 190 cm³/mol. The number of hydrogen-bond donors (Lipinski definition) is 6. The summed E-state index contributed by atoms with van der Waals surface area (Å²) in [4.78, 5) is 92.5. The topological polar surface area (TPSA) is 278 Å². The lowest BCUT2D eigenvalue weighted by atomic mass is 9.84. The first-order valence-corrected chi connectivity index (χ1v) is 18.2. The van der Waals surface area contributed by atoms with Crippen LogP contribution in [0.4, 0.5) is 4.79 Å². The largest absolute Gasteiger partial charge is 0.465 e. The molecule has 4 heterocycles. The second-order valence-corrected chi connectivity index (χ2v) is 14.4. The van der Waals surface area contributed by atoms with Gasteiger partial charge >= 0.3 is 6.09 Å². The second kappa shape index (κ2) is 17.5. The first kappa shape index (κ1) is 39.6. The van der Waals surface area contributed by atoms with Gasteiger partial charge in [0.2, 0.25) is 17.6 Å². The van der Waals surface area contributed by atoms with Crippen molar-refractivity contribution in [3.8, 4) is 0 Å². The van der Waals surface area contributed by atoms with Crippen molar-refractivity contribution in [2.45, 2.75) is 108 Å². The fraction of sp³-hybridized carbons (Fsp3) is 0.571. The smallest absolute Gasteiger partial charge is 0.404 e. The highest BCUT2D eigenvalue weighted by Crippen LogP contribution is 2.33. The third-order valence-corrected chi connectivity index (χ3v) is 10.00. The third kappa shape index (κ3) is 9.68. The van der Waals surface area contributed by atoms with E-state index in [1.54, 1.807) is 13.8 Å². The Morgan fingerprint density at radius 2 is 1.70 bits per heavy atom. The molecule has 19 heteroatoms. The maximum atomic E-state index is 14.8. The Labute approximate surface area is 310 Å². The number of fused-ring (bicyclic) bond motifs is 1. The highest BCUT2D eigenvalue weighted by atomic mass is 16.4. The van der Waals surface area contributed by atoms with Crippen LogP contribution in [0.1, 0.15) is 100 Å². The Morgan fingerprint density at radius 1 is 0.981 bits per heavy atom. The number of carboxylic acid groups (broad SMARTS) is 1. The lowest BCUT2D eigenvalue weighted by Gasteiger charge is -2.32. The number of carbonyl (C=O) groups excluding carboxylic acids is 5. The molecule has 1 aliphatic heterocycles. The number of aliphatic hydroxyl groups is 1. The van der Waals surface area contributed by atoms with Crippen molar-refractivity contribution in [3.05, 3.63) is 42.1 Å². The fourth-order valence-electron chi connectivity index (χ4n) is 7.29. The molecule has 7 N–H and O–H groups in total. The molecule has 5 rings (SSSR count). The van der Waals surface area contributed by atoms with E-state index < -0.39 is 65.3 Å². The Hall–Kier alpha value is -5.59. The molecule has 3 aromatic heterocycles. The van der Waals surface area contributed by atoms with Crippen LogP contribution in [0, 0.1) is 5.92 Å². The lowest BCUT2D eigenvalue weighted by Crippen LogP contribution is -2.56. The van der Waals surface area contributed by atoms with E-state index in [4.69, 9.17) is 10.8 Å². The minimum Gasteiger partial charge on any atom is -0.465 e. The SMILES string of the molecule is CC(C)(O)c1cnnn1[C@H]1C[C@@H](C(=O)NC(CCCCNC(=O)O)C(=O)C(N)=O)N(C(=O)[C@@H](CC2CCCCC2)NC(=O)c2ccnc3nccnc23)C1. The molecule has 1 saturated heterocycles. The Bertz CT molecular complexity index is 1850. The number of aromatic nitrogens is 6. The summed E-state index contributed by atoms with van der Waals surface area (Å²) in [6.45, 7) is 3.14. The van der Waals surface area contributed by atoms with Gasteiger partial charge in [-0.25, -0.2) is 19.4 Å². The molecule has 290 valence electrons. The number of pyridine rings is 1. The van der Waals surface area contributed by atoms with Crippen LogP contribution in [0.5, 0.6) is 0 Å². The zero-order valence-electron chi connectivity index (χ0n) is 30.3. The van der Waals surface area contributed by atoms with Gasteiger partial charge in [0.1, 0.15) is 23.2 Å². The minimum absolute atomic E-state index is 0.00129. The number of rotatable bonds is 16. The number of hydrogen-bond acceptors (Lipinski definition) is 12.